The van der Waals surface area contributed by atoms with Crippen LogP contribution in [0.4, 0.5) is 0 Å². The van der Waals surface area contributed by atoms with Gasteiger partial charge in [-0.2, -0.15) is 0 Å². The second kappa shape index (κ2) is 8.97. The molecule has 0 aromatic rings. The Bertz CT molecular complexity index is 156. The summed E-state index contributed by atoms with van der Waals surface area (Å²) in [7, 11) is 0. The molecule has 0 radical (unpaired) electrons. The molecule has 16 heavy (non-hydrogen) atoms. The van der Waals surface area contributed by atoms with Crippen molar-refractivity contribution in [2.75, 3.05) is 32.8 Å². The summed E-state index contributed by atoms with van der Waals surface area (Å²) in [5.74, 6) is 0. The van der Waals surface area contributed by atoms with Crippen LogP contribution in [0.3, 0.4) is 0 Å². The summed E-state index contributed by atoms with van der Waals surface area (Å²) >= 11 is 0. The molecule has 1 aliphatic rings. The standard InChI is InChI=1S/C13H28N2O/c1-13(7-6-12-16)14-8-11-15-9-4-2-3-5-10-15/h13-14,16H,2-12H2,1H3. The highest BCUT2D eigenvalue weighted by atomic mass is 16.2. The zero-order valence-electron chi connectivity index (χ0n) is 10.7. The molecule has 2 N–H and O–H groups in total. The van der Waals surface area contributed by atoms with Gasteiger partial charge < -0.3 is 15.3 Å². The second-order valence-corrected chi connectivity index (χ2v) is 4.98. The molecule has 1 aliphatic heterocycles. The molecule has 96 valence electrons. The molecule has 0 bridgehead atoms. The van der Waals surface area contributed by atoms with Crippen LogP contribution in [0.5, 0.6) is 0 Å². The van der Waals surface area contributed by atoms with Crippen LogP contribution in [-0.4, -0.2) is 48.8 Å². The van der Waals surface area contributed by atoms with E-state index in [1.54, 1.807) is 0 Å². The fourth-order valence-corrected chi connectivity index (χ4v) is 2.33. The lowest BCUT2D eigenvalue weighted by molar-refractivity contribution is 0.265. The first kappa shape index (κ1) is 13.9. The number of nitrogens with zero attached hydrogens (tertiary/aromatic N) is 1. The quantitative estimate of drug-likeness (QED) is 0.695. The Balaban J connectivity index is 2.00. The van der Waals surface area contributed by atoms with Gasteiger partial charge in [0, 0.05) is 25.7 Å². The number of hydrogen-bond donors (Lipinski definition) is 2. The molecule has 0 amide bonds. The van der Waals surface area contributed by atoms with Gasteiger partial charge in [-0.15, -0.1) is 0 Å². The fraction of sp³-hybridized carbons (Fsp3) is 1.00. The highest BCUT2D eigenvalue weighted by molar-refractivity contribution is 4.66. The van der Waals surface area contributed by atoms with Crippen LogP contribution in [0.25, 0.3) is 0 Å². The molecule has 0 spiro atoms. The highest BCUT2D eigenvalue weighted by Gasteiger charge is 2.08. The Morgan fingerprint density at radius 3 is 2.50 bits per heavy atom. The SMILES string of the molecule is CC(CCCO)NCCN1CCCCCC1. The first-order chi connectivity index (χ1) is 7.83. The van der Waals surface area contributed by atoms with E-state index in [0.717, 1.165) is 19.4 Å². The molecule has 1 unspecified atom stereocenters. The third-order valence-corrected chi connectivity index (χ3v) is 3.41. The van der Waals surface area contributed by atoms with E-state index in [0.29, 0.717) is 12.6 Å². The van der Waals surface area contributed by atoms with Crippen molar-refractivity contribution in [3.63, 3.8) is 0 Å². The summed E-state index contributed by atoms with van der Waals surface area (Å²) in [6.45, 7) is 7.37. The molecule has 1 atom stereocenters. The van der Waals surface area contributed by atoms with Crippen LogP contribution in [0.15, 0.2) is 0 Å². The minimum atomic E-state index is 0.318. The molecule has 0 aliphatic carbocycles. The molecule has 1 rings (SSSR count). The maximum Gasteiger partial charge on any atom is 0.0431 e. The summed E-state index contributed by atoms with van der Waals surface area (Å²) < 4.78 is 0. The van der Waals surface area contributed by atoms with Crippen molar-refractivity contribution < 1.29 is 5.11 Å². The Kier molecular flexibility index (Phi) is 7.81. The Morgan fingerprint density at radius 1 is 1.19 bits per heavy atom. The van der Waals surface area contributed by atoms with E-state index in [1.165, 1.54) is 45.3 Å². The van der Waals surface area contributed by atoms with Crippen LogP contribution < -0.4 is 5.32 Å². The van der Waals surface area contributed by atoms with Crippen LogP contribution in [0, 0.1) is 0 Å². The van der Waals surface area contributed by atoms with Crippen LogP contribution in [-0.2, 0) is 0 Å². The summed E-state index contributed by atoms with van der Waals surface area (Å²) in [5, 5.41) is 12.3. The molecule has 0 aromatic carbocycles. The molecular formula is C13H28N2O. The molecule has 3 nitrogen and oxygen atoms in total. The molecule has 3 heteroatoms. The smallest absolute Gasteiger partial charge is 0.0431 e. The third kappa shape index (κ3) is 6.46. The van der Waals surface area contributed by atoms with E-state index in [1.807, 2.05) is 0 Å². The lowest BCUT2D eigenvalue weighted by atomic mass is 10.2. The zero-order valence-corrected chi connectivity index (χ0v) is 10.7. The predicted octanol–water partition coefficient (Wildman–Crippen LogP) is 1.61. The molecule has 1 saturated heterocycles. The van der Waals surface area contributed by atoms with Crippen LogP contribution in [0.2, 0.25) is 0 Å². The maximum absolute atomic E-state index is 8.74. The summed E-state index contributed by atoms with van der Waals surface area (Å²) in [5.41, 5.74) is 0. The molecule has 0 saturated carbocycles. The zero-order chi connectivity index (χ0) is 11.6. The van der Waals surface area contributed by atoms with Crippen LogP contribution in [0.1, 0.15) is 45.4 Å². The van der Waals surface area contributed by atoms with E-state index in [-0.39, 0.29) is 0 Å². The van der Waals surface area contributed by atoms with Gasteiger partial charge in [0.1, 0.15) is 0 Å². The number of nitrogens with one attached hydrogen (secondary N) is 1. The minimum Gasteiger partial charge on any atom is -0.396 e. The van der Waals surface area contributed by atoms with Gasteiger partial charge in [-0.05, 0) is 45.7 Å². The fourth-order valence-electron chi connectivity index (χ4n) is 2.33. The van der Waals surface area contributed by atoms with E-state index in [2.05, 4.69) is 17.1 Å². The van der Waals surface area contributed by atoms with Crippen molar-refractivity contribution >= 4 is 0 Å². The van der Waals surface area contributed by atoms with Crippen molar-refractivity contribution in [3.05, 3.63) is 0 Å². The second-order valence-electron chi connectivity index (χ2n) is 4.98. The third-order valence-electron chi connectivity index (χ3n) is 3.41. The first-order valence-electron chi connectivity index (χ1n) is 6.89. The predicted molar refractivity (Wildman–Crippen MR) is 68.7 cm³/mol. The number of aliphatic hydroxyl groups excluding tert-OH is 1. The number of likely N-dealkylation sites (tertiary alicyclic amines) is 1. The lowest BCUT2D eigenvalue weighted by Gasteiger charge is -2.21. The Hall–Kier alpha value is -0.120. The van der Waals surface area contributed by atoms with Crippen molar-refractivity contribution in [1.82, 2.24) is 10.2 Å². The number of aliphatic hydroxyl groups is 1. The van der Waals surface area contributed by atoms with Gasteiger partial charge in [-0.25, -0.2) is 0 Å². The first-order valence-corrected chi connectivity index (χ1v) is 6.89. The van der Waals surface area contributed by atoms with Crippen LogP contribution >= 0.6 is 0 Å². The van der Waals surface area contributed by atoms with Gasteiger partial charge in [-0.1, -0.05) is 12.8 Å². The van der Waals surface area contributed by atoms with E-state index in [9.17, 15) is 0 Å². The molecule has 1 heterocycles. The van der Waals surface area contributed by atoms with E-state index < -0.39 is 0 Å². The summed E-state index contributed by atoms with van der Waals surface area (Å²) in [6.07, 6.45) is 7.57. The van der Waals surface area contributed by atoms with Gasteiger partial charge in [0.15, 0.2) is 0 Å². The number of hydrogen-bond acceptors (Lipinski definition) is 3. The van der Waals surface area contributed by atoms with Gasteiger partial charge in [-0.3, -0.25) is 0 Å². The van der Waals surface area contributed by atoms with Crippen molar-refractivity contribution in [2.24, 2.45) is 0 Å². The Labute approximate surface area is 100 Å². The summed E-state index contributed by atoms with van der Waals surface area (Å²) in [4.78, 5) is 2.58. The van der Waals surface area contributed by atoms with E-state index in [4.69, 9.17) is 5.11 Å². The summed E-state index contributed by atoms with van der Waals surface area (Å²) in [6, 6.07) is 0.541. The largest absolute Gasteiger partial charge is 0.396 e. The van der Waals surface area contributed by atoms with Crippen molar-refractivity contribution in [3.8, 4) is 0 Å². The minimum absolute atomic E-state index is 0.318. The van der Waals surface area contributed by atoms with Gasteiger partial charge in [0.2, 0.25) is 0 Å². The maximum atomic E-state index is 8.74. The monoisotopic (exact) mass is 228 g/mol. The normalized spacial score (nSPS) is 20.6. The van der Waals surface area contributed by atoms with Crippen molar-refractivity contribution in [1.29, 1.82) is 0 Å². The number of rotatable bonds is 7. The highest BCUT2D eigenvalue weighted by Crippen LogP contribution is 2.08. The van der Waals surface area contributed by atoms with Gasteiger partial charge in [0.05, 0.1) is 0 Å². The average Bonchev–Trinajstić information content (AvgIpc) is 2.55. The molecular weight excluding hydrogens is 200 g/mol. The molecule has 0 aromatic heterocycles. The molecule has 1 fully saturated rings. The van der Waals surface area contributed by atoms with E-state index >= 15 is 0 Å². The Morgan fingerprint density at radius 2 is 1.88 bits per heavy atom. The van der Waals surface area contributed by atoms with Gasteiger partial charge in [0.25, 0.3) is 0 Å². The average molecular weight is 228 g/mol. The van der Waals surface area contributed by atoms with Gasteiger partial charge >= 0.3 is 0 Å². The topological polar surface area (TPSA) is 35.5 Å². The lowest BCUT2D eigenvalue weighted by Crippen LogP contribution is -2.36. The van der Waals surface area contributed by atoms with Crippen molar-refractivity contribution in [2.45, 2.75) is 51.5 Å².